The van der Waals surface area contributed by atoms with E-state index in [0.717, 1.165) is 5.39 Å². The summed E-state index contributed by atoms with van der Waals surface area (Å²) in [6, 6.07) is 8.48. The van der Waals surface area contributed by atoms with Gasteiger partial charge in [-0.2, -0.15) is 8.42 Å². The van der Waals surface area contributed by atoms with Crippen LogP contribution in [0.15, 0.2) is 36.5 Å². The molecule has 0 fully saturated rings. The predicted octanol–water partition coefficient (Wildman–Crippen LogP) is 1.19. The summed E-state index contributed by atoms with van der Waals surface area (Å²) in [5.74, 6) is -1.22. The Labute approximate surface area is 96.8 Å². The predicted molar refractivity (Wildman–Crippen MR) is 58.7 cm³/mol. The molecule has 1 aromatic carbocycles. The van der Waals surface area contributed by atoms with Crippen molar-refractivity contribution in [3.8, 4) is 0 Å². The topological polar surface area (TPSA) is 93.6 Å². The maximum absolute atomic E-state index is 11.3. The minimum absolute atomic E-state index is 0.193. The van der Waals surface area contributed by atoms with Gasteiger partial charge in [-0.05, 0) is 11.5 Å². The Morgan fingerprint density at radius 2 is 1.88 bits per heavy atom. The Kier molecular flexibility index (Phi) is 2.78. The van der Waals surface area contributed by atoms with E-state index in [2.05, 4.69) is 9.17 Å². The lowest BCUT2D eigenvalue weighted by atomic mass is 10.1. The molecular weight excluding hydrogens is 246 g/mol. The van der Waals surface area contributed by atoms with Gasteiger partial charge in [0.1, 0.15) is 5.69 Å². The molecule has 0 radical (unpaired) electrons. The van der Waals surface area contributed by atoms with Crippen LogP contribution in [0.4, 0.5) is 0 Å². The molecule has 0 amide bonds. The van der Waals surface area contributed by atoms with Crippen LogP contribution in [0.25, 0.3) is 10.8 Å². The number of aromatic nitrogens is 1. The van der Waals surface area contributed by atoms with Crippen molar-refractivity contribution in [1.29, 1.82) is 0 Å². The second-order valence-corrected chi connectivity index (χ2v) is 4.24. The fourth-order valence-electron chi connectivity index (χ4n) is 1.33. The molecule has 6 nitrogen and oxygen atoms in total. The molecule has 0 atom stereocenters. The van der Waals surface area contributed by atoms with E-state index in [1.54, 1.807) is 24.3 Å². The van der Waals surface area contributed by atoms with Crippen molar-refractivity contribution in [2.24, 2.45) is 0 Å². The van der Waals surface area contributed by atoms with E-state index in [-0.39, 0.29) is 5.69 Å². The number of benzene rings is 1. The number of pyridine rings is 1. The van der Waals surface area contributed by atoms with E-state index in [9.17, 15) is 13.2 Å². The van der Waals surface area contributed by atoms with E-state index in [4.69, 9.17) is 4.55 Å². The smallest absolute Gasteiger partial charge is 0.319 e. The van der Waals surface area contributed by atoms with Crippen molar-refractivity contribution in [3.05, 3.63) is 42.2 Å². The van der Waals surface area contributed by atoms with E-state index in [1.807, 2.05) is 0 Å². The SMILES string of the molecule is O=C(OS(=O)(=O)O)c1cc2ccccc2cn1. The largest absolute Gasteiger partial charge is 0.449 e. The van der Waals surface area contributed by atoms with Crippen LogP contribution in [-0.2, 0) is 14.6 Å². The molecule has 17 heavy (non-hydrogen) atoms. The Balaban J connectivity index is 2.40. The minimum atomic E-state index is -4.81. The molecule has 1 aromatic heterocycles. The van der Waals surface area contributed by atoms with Crippen molar-refractivity contribution < 1.29 is 21.9 Å². The highest BCUT2D eigenvalue weighted by Crippen LogP contribution is 2.14. The summed E-state index contributed by atoms with van der Waals surface area (Å²) in [6.07, 6.45) is 1.41. The number of carbonyl (C=O) groups excluding carboxylic acids is 1. The maximum Gasteiger partial charge on any atom is 0.449 e. The highest BCUT2D eigenvalue weighted by molar-refractivity contribution is 7.81. The van der Waals surface area contributed by atoms with Crippen molar-refractivity contribution >= 4 is 27.1 Å². The van der Waals surface area contributed by atoms with Crippen molar-refractivity contribution in [3.63, 3.8) is 0 Å². The quantitative estimate of drug-likeness (QED) is 0.808. The van der Waals surface area contributed by atoms with Gasteiger partial charge in [-0.3, -0.25) is 4.55 Å². The third-order valence-electron chi connectivity index (χ3n) is 2.02. The summed E-state index contributed by atoms with van der Waals surface area (Å²) < 4.78 is 32.9. The number of carbonyl (C=O) groups is 1. The summed E-state index contributed by atoms with van der Waals surface area (Å²) in [5.41, 5.74) is -0.193. The van der Waals surface area contributed by atoms with Crippen molar-refractivity contribution in [1.82, 2.24) is 4.98 Å². The van der Waals surface area contributed by atoms with Crippen LogP contribution in [0.5, 0.6) is 0 Å². The highest BCUT2D eigenvalue weighted by atomic mass is 32.3. The molecule has 0 saturated heterocycles. The lowest BCUT2D eigenvalue weighted by molar-refractivity contribution is 0.0721. The van der Waals surface area contributed by atoms with Gasteiger partial charge in [-0.25, -0.2) is 9.78 Å². The third-order valence-corrected chi connectivity index (χ3v) is 2.38. The van der Waals surface area contributed by atoms with Gasteiger partial charge in [0.15, 0.2) is 0 Å². The van der Waals surface area contributed by atoms with Crippen LogP contribution in [0, 0.1) is 0 Å². The van der Waals surface area contributed by atoms with Crippen molar-refractivity contribution in [2.75, 3.05) is 0 Å². The lowest BCUT2D eigenvalue weighted by Gasteiger charge is -2.01. The molecule has 1 N–H and O–H groups in total. The molecule has 0 bridgehead atoms. The number of nitrogens with zero attached hydrogens (tertiary/aromatic N) is 1. The summed E-state index contributed by atoms with van der Waals surface area (Å²) in [4.78, 5) is 15.0. The molecular formula is C10H7NO5S. The van der Waals surface area contributed by atoms with E-state index >= 15 is 0 Å². The summed E-state index contributed by atoms with van der Waals surface area (Å²) in [5, 5.41) is 1.51. The van der Waals surface area contributed by atoms with Gasteiger partial charge in [-0.1, -0.05) is 24.3 Å². The zero-order valence-corrected chi connectivity index (χ0v) is 9.22. The van der Waals surface area contributed by atoms with Gasteiger partial charge < -0.3 is 4.18 Å². The number of fused-ring (bicyclic) bond motifs is 1. The molecule has 2 aromatic rings. The molecule has 0 spiro atoms. The minimum Gasteiger partial charge on any atom is -0.319 e. The molecule has 0 saturated carbocycles. The first kappa shape index (κ1) is 11.5. The number of hydrogen-bond donors (Lipinski definition) is 1. The maximum atomic E-state index is 11.3. The fraction of sp³-hybridized carbons (Fsp3) is 0. The second kappa shape index (κ2) is 4.11. The zero-order valence-electron chi connectivity index (χ0n) is 8.40. The zero-order chi connectivity index (χ0) is 12.5. The van der Waals surface area contributed by atoms with Gasteiger partial charge >= 0.3 is 16.4 Å². The molecule has 7 heteroatoms. The Bertz CT molecular complexity index is 680. The Morgan fingerprint density at radius 3 is 2.53 bits per heavy atom. The first-order chi connectivity index (χ1) is 7.96. The van der Waals surface area contributed by atoms with E-state index in [1.165, 1.54) is 12.3 Å². The van der Waals surface area contributed by atoms with Gasteiger partial charge in [0.25, 0.3) is 0 Å². The molecule has 0 unspecified atom stereocenters. The van der Waals surface area contributed by atoms with Crippen LogP contribution < -0.4 is 0 Å². The van der Waals surface area contributed by atoms with Gasteiger partial charge in [0.2, 0.25) is 0 Å². The molecule has 0 aliphatic rings. The third kappa shape index (κ3) is 2.77. The molecule has 0 aliphatic heterocycles. The fourth-order valence-corrected chi connectivity index (χ4v) is 1.61. The van der Waals surface area contributed by atoms with Crippen molar-refractivity contribution in [2.45, 2.75) is 0 Å². The molecule has 88 valence electrons. The standard InChI is InChI=1S/C10H7NO5S/c12-10(16-17(13,14)15)9-5-7-3-1-2-4-8(7)6-11-9/h1-6H,(H,13,14,15). The monoisotopic (exact) mass is 253 g/mol. The first-order valence-electron chi connectivity index (χ1n) is 4.52. The van der Waals surface area contributed by atoms with Crippen LogP contribution in [0.1, 0.15) is 10.5 Å². The summed E-state index contributed by atoms with van der Waals surface area (Å²) in [6.45, 7) is 0. The molecule has 0 aliphatic carbocycles. The first-order valence-corrected chi connectivity index (χ1v) is 5.88. The van der Waals surface area contributed by atoms with Crippen LogP contribution in [0.2, 0.25) is 0 Å². The lowest BCUT2D eigenvalue weighted by Crippen LogP contribution is -2.13. The van der Waals surface area contributed by atoms with Crippen LogP contribution in [-0.4, -0.2) is 23.9 Å². The van der Waals surface area contributed by atoms with Gasteiger partial charge in [0.05, 0.1) is 0 Å². The van der Waals surface area contributed by atoms with E-state index < -0.39 is 16.4 Å². The van der Waals surface area contributed by atoms with Crippen LogP contribution >= 0.6 is 0 Å². The second-order valence-electron chi connectivity index (χ2n) is 3.22. The average Bonchev–Trinajstić information content (AvgIpc) is 2.26. The highest BCUT2D eigenvalue weighted by Gasteiger charge is 2.16. The normalized spacial score (nSPS) is 11.4. The molecule has 2 rings (SSSR count). The number of rotatable bonds is 2. The summed E-state index contributed by atoms with van der Waals surface area (Å²) in [7, 11) is -4.81. The van der Waals surface area contributed by atoms with Gasteiger partial charge in [-0.15, -0.1) is 0 Å². The Hall–Kier alpha value is -1.99. The van der Waals surface area contributed by atoms with E-state index in [0.29, 0.717) is 5.39 Å². The Morgan fingerprint density at radius 1 is 1.24 bits per heavy atom. The average molecular weight is 253 g/mol. The summed E-state index contributed by atoms with van der Waals surface area (Å²) >= 11 is 0. The number of hydrogen-bond acceptors (Lipinski definition) is 5. The van der Waals surface area contributed by atoms with Crippen LogP contribution in [0.3, 0.4) is 0 Å². The van der Waals surface area contributed by atoms with Gasteiger partial charge in [0, 0.05) is 11.6 Å². The molecule has 1 heterocycles.